The standard InChI is InChI=1S/C33H35N5O3/c1-40-32-21-27(10-14-35-32)26-9-13-34-31(20-26)38(33(39)24-11-17-41-18-12-24)23-29-8-7-28(22-36-29)25-5-4-6-30(19-25)37-15-2-3-16-37/h4-10,13-14,19-22,24H,2-3,11-12,15-18,23H2,1H3. The predicted octanol–water partition coefficient (Wildman–Crippen LogP) is 5.77. The Balaban J connectivity index is 1.27. The monoisotopic (exact) mass is 549 g/mol. The fourth-order valence-electron chi connectivity index (χ4n) is 5.59. The molecule has 0 saturated carbocycles. The number of carbonyl (C=O) groups excluding carboxylic acids is 1. The highest BCUT2D eigenvalue weighted by atomic mass is 16.5. The van der Waals surface area contributed by atoms with Crippen LogP contribution in [0.5, 0.6) is 5.88 Å². The Morgan fingerprint density at radius 1 is 0.902 bits per heavy atom. The molecule has 0 unspecified atom stereocenters. The summed E-state index contributed by atoms with van der Waals surface area (Å²) in [6.45, 7) is 3.75. The molecule has 2 aliphatic heterocycles. The van der Waals surface area contributed by atoms with E-state index in [-0.39, 0.29) is 11.8 Å². The number of amides is 1. The Morgan fingerprint density at radius 2 is 1.66 bits per heavy atom. The molecule has 0 aliphatic carbocycles. The van der Waals surface area contributed by atoms with Gasteiger partial charge in [0.25, 0.3) is 0 Å². The van der Waals surface area contributed by atoms with Crippen molar-refractivity contribution in [1.29, 1.82) is 0 Å². The van der Waals surface area contributed by atoms with Crippen molar-refractivity contribution in [3.05, 3.63) is 84.9 Å². The lowest BCUT2D eigenvalue weighted by molar-refractivity contribution is -0.125. The summed E-state index contributed by atoms with van der Waals surface area (Å²) in [6, 6.07) is 20.4. The number of pyridine rings is 3. The second-order valence-corrected chi connectivity index (χ2v) is 10.6. The first-order valence-electron chi connectivity index (χ1n) is 14.3. The number of methoxy groups -OCH3 is 1. The molecule has 0 bridgehead atoms. The van der Waals surface area contributed by atoms with Crippen LogP contribution in [0.3, 0.4) is 0 Å². The van der Waals surface area contributed by atoms with Gasteiger partial charge in [-0.15, -0.1) is 0 Å². The van der Waals surface area contributed by atoms with E-state index >= 15 is 0 Å². The van der Waals surface area contributed by atoms with E-state index in [0.717, 1.165) is 41.0 Å². The minimum Gasteiger partial charge on any atom is -0.481 e. The minimum absolute atomic E-state index is 0.0504. The highest BCUT2D eigenvalue weighted by Crippen LogP contribution is 2.30. The fraction of sp³-hybridized carbons (Fsp3) is 0.333. The lowest BCUT2D eigenvalue weighted by Crippen LogP contribution is -2.39. The molecule has 8 heteroatoms. The number of aromatic nitrogens is 3. The average Bonchev–Trinajstić information content (AvgIpc) is 3.60. The Bertz CT molecular complexity index is 1480. The molecule has 1 amide bonds. The second-order valence-electron chi connectivity index (χ2n) is 10.6. The molecule has 210 valence electrons. The minimum atomic E-state index is -0.108. The molecular weight excluding hydrogens is 514 g/mol. The first-order valence-corrected chi connectivity index (χ1v) is 14.3. The number of ether oxygens (including phenoxy) is 2. The van der Waals surface area contributed by atoms with Crippen LogP contribution in [-0.4, -0.2) is 54.3 Å². The summed E-state index contributed by atoms with van der Waals surface area (Å²) in [7, 11) is 1.60. The van der Waals surface area contributed by atoms with Crippen molar-refractivity contribution >= 4 is 17.4 Å². The summed E-state index contributed by atoms with van der Waals surface area (Å²) in [5, 5.41) is 0. The van der Waals surface area contributed by atoms with Crippen molar-refractivity contribution in [1.82, 2.24) is 15.0 Å². The smallest absolute Gasteiger partial charge is 0.231 e. The van der Waals surface area contributed by atoms with Gasteiger partial charge in [0.1, 0.15) is 5.82 Å². The van der Waals surface area contributed by atoms with Gasteiger partial charge in [-0.05, 0) is 78.8 Å². The van der Waals surface area contributed by atoms with Gasteiger partial charge in [-0.2, -0.15) is 0 Å². The zero-order valence-corrected chi connectivity index (χ0v) is 23.4. The van der Waals surface area contributed by atoms with Crippen LogP contribution in [0, 0.1) is 5.92 Å². The normalized spacial score (nSPS) is 15.6. The lowest BCUT2D eigenvalue weighted by atomic mass is 9.98. The third-order valence-corrected chi connectivity index (χ3v) is 7.93. The Hall–Kier alpha value is -4.30. The van der Waals surface area contributed by atoms with Crippen molar-refractivity contribution in [3.8, 4) is 28.1 Å². The number of nitrogens with zero attached hydrogens (tertiary/aromatic N) is 5. The quantitative estimate of drug-likeness (QED) is 0.276. The third-order valence-electron chi connectivity index (χ3n) is 7.93. The number of hydrogen-bond acceptors (Lipinski definition) is 7. The first kappa shape index (κ1) is 26.9. The summed E-state index contributed by atoms with van der Waals surface area (Å²) in [4.78, 5) is 31.7. The van der Waals surface area contributed by atoms with Crippen molar-refractivity contribution in [2.45, 2.75) is 32.2 Å². The van der Waals surface area contributed by atoms with Crippen molar-refractivity contribution < 1.29 is 14.3 Å². The lowest BCUT2D eigenvalue weighted by Gasteiger charge is -2.29. The van der Waals surface area contributed by atoms with Gasteiger partial charge in [0.05, 0.1) is 19.3 Å². The molecule has 0 atom stereocenters. The SMILES string of the molecule is COc1cc(-c2ccnc(N(Cc3ccc(-c4cccc(N5CCCC5)c4)cn3)C(=O)C3CCOCC3)c2)ccn1. The van der Waals surface area contributed by atoms with E-state index in [2.05, 4.69) is 45.2 Å². The molecule has 2 fully saturated rings. The van der Waals surface area contributed by atoms with Gasteiger partial charge in [-0.25, -0.2) is 9.97 Å². The molecule has 41 heavy (non-hydrogen) atoms. The maximum Gasteiger partial charge on any atom is 0.231 e. The summed E-state index contributed by atoms with van der Waals surface area (Å²) < 4.78 is 10.8. The topological polar surface area (TPSA) is 80.7 Å². The molecule has 4 aromatic rings. The average molecular weight is 550 g/mol. The van der Waals surface area contributed by atoms with E-state index < -0.39 is 0 Å². The van der Waals surface area contributed by atoms with Crippen LogP contribution in [0.2, 0.25) is 0 Å². The van der Waals surface area contributed by atoms with Gasteiger partial charge in [0.2, 0.25) is 11.8 Å². The van der Waals surface area contributed by atoms with E-state index in [4.69, 9.17) is 14.5 Å². The molecular formula is C33H35N5O3. The Kier molecular flexibility index (Phi) is 8.18. The highest BCUT2D eigenvalue weighted by Gasteiger charge is 2.29. The molecule has 6 rings (SSSR count). The molecule has 0 radical (unpaired) electrons. The number of hydrogen-bond donors (Lipinski definition) is 0. The van der Waals surface area contributed by atoms with E-state index in [0.29, 0.717) is 44.3 Å². The van der Waals surface area contributed by atoms with E-state index in [9.17, 15) is 4.79 Å². The van der Waals surface area contributed by atoms with Gasteiger partial charge in [0, 0.05) is 68.1 Å². The maximum atomic E-state index is 13.9. The molecule has 3 aromatic heterocycles. The number of benzene rings is 1. The summed E-state index contributed by atoms with van der Waals surface area (Å²) in [5.41, 5.74) is 6.14. The zero-order chi connectivity index (χ0) is 28.0. The van der Waals surface area contributed by atoms with E-state index in [1.54, 1.807) is 24.4 Å². The molecule has 5 heterocycles. The van der Waals surface area contributed by atoms with Crippen molar-refractivity contribution in [2.75, 3.05) is 43.2 Å². The largest absolute Gasteiger partial charge is 0.481 e. The van der Waals surface area contributed by atoms with Crippen LogP contribution < -0.4 is 14.5 Å². The summed E-state index contributed by atoms with van der Waals surface area (Å²) in [5.74, 6) is 1.07. The number of carbonyl (C=O) groups is 1. The molecule has 0 N–H and O–H groups in total. The van der Waals surface area contributed by atoms with E-state index in [1.807, 2.05) is 36.5 Å². The first-order chi connectivity index (χ1) is 20.2. The van der Waals surface area contributed by atoms with Crippen LogP contribution >= 0.6 is 0 Å². The van der Waals surface area contributed by atoms with Crippen molar-refractivity contribution in [3.63, 3.8) is 0 Å². The molecule has 2 aliphatic rings. The van der Waals surface area contributed by atoms with Gasteiger partial charge in [0.15, 0.2) is 0 Å². The van der Waals surface area contributed by atoms with E-state index in [1.165, 1.54) is 18.5 Å². The third kappa shape index (κ3) is 6.23. The molecule has 8 nitrogen and oxygen atoms in total. The molecule has 1 aromatic carbocycles. The zero-order valence-electron chi connectivity index (χ0n) is 23.4. The molecule has 2 saturated heterocycles. The van der Waals surface area contributed by atoms with Crippen LogP contribution in [0.1, 0.15) is 31.4 Å². The van der Waals surface area contributed by atoms with Gasteiger partial charge >= 0.3 is 0 Å². The van der Waals surface area contributed by atoms with Crippen LogP contribution in [0.25, 0.3) is 22.3 Å². The van der Waals surface area contributed by atoms with Crippen LogP contribution in [0.15, 0.2) is 79.3 Å². The number of rotatable bonds is 8. The van der Waals surface area contributed by atoms with Gasteiger partial charge in [-0.1, -0.05) is 18.2 Å². The second kappa shape index (κ2) is 12.5. The van der Waals surface area contributed by atoms with Gasteiger partial charge in [-0.3, -0.25) is 14.7 Å². The predicted molar refractivity (Wildman–Crippen MR) is 160 cm³/mol. The Labute approximate surface area is 241 Å². The summed E-state index contributed by atoms with van der Waals surface area (Å²) >= 11 is 0. The fourth-order valence-corrected chi connectivity index (χ4v) is 5.59. The van der Waals surface area contributed by atoms with Crippen LogP contribution in [-0.2, 0) is 16.1 Å². The molecule has 0 spiro atoms. The Morgan fingerprint density at radius 3 is 2.41 bits per heavy atom. The van der Waals surface area contributed by atoms with Crippen LogP contribution in [0.4, 0.5) is 11.5 Å². The summed E-state index contributed by atoms with van der Waals surface area (Å²) in [6.07, 6.45) is 9.27. The van der Waals surface area contributed by atoms with Crippen molar-refractivity contribution in [2.24, 2.45) is 5.92 Å². The highest BCUT2D eigenvalue weighted by molar-refractivity contribution is 5.94. The maximum absolute atomic E-state index is 13.9. The van der Waals surface area contributed by atoms with Gasteiger partial charge < -0.3 is 14.4 Å². The number of anilines is 2.